The number of hydrogen-bond acceptors (Lipinski definition) is 4. The average molecular weight is 249 g/mol. The van der Waals surface area contributed by atoms with Gasteiger partial charge in [-0.3, -0.25) is 4.98 Å². The molecule has 0 amide bonds. The summed E-state index contributed by atoms with van der Waals surface area (Å²) in [6.07, 6.45) is 7.23. The van der Waals surface area contributed by atoms with Crippen LogP contribution in [0.15, 0.2) is 12.4 Å². The Labute approximate surface area is 109 Å². The first kappa shape index (κ1) is 13.3. The molecular formula is C14H23N3O. The molecule has 1 aromatic rings. The van der Waals surface area contributed by atoms with E-state index >= 15 is 0 Å². The maximum absolute atomic E-state index is 5.34. The minimum atomic E-state index is 0.251. The van der Waals surface area contributed by atoms with Crippen LogP contribution in [0.2, 0.25) is 0 Å². The molecule has 0 aromatic carbocycles. The molecule has 1 heterocycles. The smallest absolute Gasteiger partial charge is 0.237 e. The van der Waals surface area contributed by atoms with Gasteiger partial charge in [0.25, 0.3) is 0 Å². The van der Waals surface area contributed by atoms with Crippen LogP contribution < -0.4 is 10.1 Å². The third kappa shape index (κ3) is 2.99. The summed E-state index contributed by atoms with van der Waals surface area (Å²) < 4.78 is 5.34. The van der Waals surface area contributed by atoms with Gasteiger partial charge in [0.15, 0.2) is 0 Å². The second-order valence-corrected chi connectivity index (χ2v) is 5.08. The lowest BCUT2D eigenvalue weighted by Gasteiger charge is -2.25. The van der Waals surface area contributed by atoms with Gasteiger partial charge < -0.3 is 10.1 Å². The summed E-state index contributed by atoms with van der Waals surface area (Å²) in [5, 5.41) is 3.60. The van der Waals surface area contributed by atoms with Crippen LogP contribution in [0.25, 0.3) is 0 Å². The van der Waals surface area contributed by atoms with Gasteiger partial charge in [0.2, 0.25) is 5.88 Å². The Kier molecular flexibility index (Phi) is 4.53. The topological polar surface area (TPSA) is 47.0 Å². The first-order valence-corrected chi connectivity index (χ1v) is 6.86. The number of ether oxygens (including phenoxy) is 1. The number of aromatic nitrogens is 2. The zero-order valence-corrected chi connectivity index (χ0v) is 11.5. The van der Waals surface area contributed by atoms with Crippen molar-refractivity contribution >= 4 is 0 Å². The second kappa shape index (κ2) is 6.14. The second-order valence-electron chi connectivity index (χ2n) is 5.08. The minimum Gasteiger partial charge on any atom is -0.480 e. The molecule has 2 rings (SSSR count). The Morgan fingerprint density at radius 1 is 1.39 bits per heavy atom. The van der Waals surface area contributed by atoms with Gasteiger partial charge in [0, 0.05) is 12.4 Å². The molecule has 0 spiro atoms. The van der Waals surface area contributed by atoms with Crippen molar-refractivity contribution < 1.29 is 4.74 Å². The Bertz CT molecular complexity index is 379. The van der Waals surface area contributed by atoms with E-state index in [-0.39, 0.29) is 6.04 Å². The molecule has 2 unspecified atom stereocenters. The molecule has 1 aliphatic rings. The third-order valence-corrected chi connectivity index (χ3v) is 3.68. The molecule has 18 heavy (non-hydrogen) atoms. The molecule has 0 saturated heterocycles. The monoisotopic (exact) mass is 249 g/mol. The summed E-state index contributed by atoms with van der Waals surface area (Å²) in [6.45, 7) is 5.49. The molecule has 0 aliphatic heterocycles. The molecular weight excluding hydrogens is 226 g/mol. The van der Waals surface area contributed by atoms with Crippen LogP contribution in [-0.4, -0.2) is 23.6 Å². The van der Waals surface area contributed by atoms with Gasteiger partial charge in [-0.1, -0.05) is 13.8 Å². The molecule has 4 heteroatoms. The summed E-state index contributed by atoms with van der Waals surface area (Å²) in [5.41, 5.74) is 0.952. The summed E-state index contributed by atoms with van der Waals surface area (Å²) in [7, 11) is 1.66. The first-order valence-electron chi connectivity index (χ1n) is 6.86. The van der Waals surface area contributed by atoms with E-state index in [1.165, 1.54) is 12.8 Å². The maximum atomic E-state index is 5.34. The first-order chi connectivity index (χ1) is 8.77. The van der Waals surface area contributed by atoms with Crippen LogP contribution in [0, 0.1) is 11.8 Å². The maximum Gasteiger partial charge on any atom is 0.237 e. The van der Waals surface area contributed by atoms with Gasteiger partial charge in [-0.15, -0.1) is 0 Å². The third-order valence-electron chi connectivity index (χ3n) is 3.68. The van der Waals surface area contributed by atoms with E-state index in [0.29, 0.717) is 11.8 Å². The number of nitrogens with zero attached hydrogens (tertiary/aromatic N) is 2. The van der Waals surface area contributed by atoms with Gasteiger partial charge in [0.1, 0.15) is 5.69 Å². The largest absolute Gasteiger partial charge is 0.480 e. The van der Waals surface area contributed by atoms with Gasteiger partial charge in [-0.2, -0.15) is 0 Å². The van der Waals surface area contributed by atoms with E-state index in [4.69, 9.17) is 4.74 Å². The van der Waals surface area contributed by atoms with Gasteiger partial charge in [-0.05, 0) is 37.6 Å². The van der Waals surface area contributed by atoms with Gasteiger partial charge in [0.05, 0.1) is 13.2 Å². The fraction of sp³-hybridized carbons (Fsp3) is 0.714. The van der Waals surface area contributed by atoms with Crippen molar-refractivity contribution in [3.05, 3.63) is 18.1 Å². The van der Waals surface area contributed by atoms with Crippen molar-refractivity contribution in [1.29, 1.82) is 0 Å². The van der Waals surface area contributed by atoms with Crippen LogP contribution >= 0.6 is 0 Å². The normalized spacial score (nSPS) is 18.4. The summed E-state index contributed by atoms with van der Waals surface area (Å²) >= 11 is 0. The number of hydrogen-bond donors (Lipinski definition) is 1. The average Bonchev–Trinajstić information content (AvgIpc) is 3.23. The Morgan fingerprint density at radius 3 is 2.72 bits per heavy atom. The predicted molar refractivity (Wildman–Crippen MR) is 71.5 cm³/mol. The van der Waals surface area contributed by atoms with E-state index < -0.39 is 0 Å². The van der Waals surface area contributed by atoms with E-state index in [0.717, 1.165) is 24.6 Å². The highest BCUT2D eigenvalue weighted by molar-refractivity contribution is 5.22. The lowest BCUT2D eigenvalue weighted by molar-refractivity contribution is 0.319. The molecule has 0 bridgehead atoms. The number of methoxy groups -OCH3 is 1. The van der Waals surface area contributed by atoms with E-state index in [2.05, 4.69) is 29.1 Å². The molecule has 4 nitrogen and oxygen atoms in total. The highest BCUT2D eigenvalue weighted by Crippen LogP contribution is 2.43. The Balaban J connectivity index is 2.20. The van der Waals surface area contributed by atoms with E-state index in [1.54, 1.807) is 19.5 Å². The van der Waals surface area contributed by atoms with Crippen LogP contribution in [0.3, 0.4) is 0 Å². The zero-order chi connectivity index (χ0) is 13.0. The molecule has 1 N–H and O–H groups in total. The van der Waals surface area contributed by atoms with E-state index in [1.807, 2.05) is 0 Å². The fourth-order valence-electron chi connectivity index (χ4n) is 2.43. The molecule has 0 radical (unpaired) electrons. The van der Waals surface area contributed by atoms with E-state index in [9.17, 15) is 0 Å². The highest BCUT2D eigenvalue weighted by atomic mass is 16.5. The molecule has 1 aliphatic carbocycles. The van der Waals surface area contributed by atoms with Crippen LogP contribution in [0.4, 0.5) is 0 Å². The summed E-state index contributed by atoms with van der Waals surface area (Å²) in [5.74, 6) is 2.06. The van der Waals surface area contributed by atoms with Crippen molar-refractivity contribution in [2.24, 2.45) is 11.8 Å². The van der Waals surface area contributed by atoms with Crippen molar-refractivity contribution in [1.82, 2.24) is 15.3 Å². The lowest BCUT2D eigenvalue weighted by Crippen LogP contribution is -2.30. The van der Waals surface area contributed by atoms with Crippen molar-refractivity contribution in [2.75, 3.05) is 13.7 Å². The van der Waals surface area contributed by atoms with Gasteiger partial charge in [-0.25, -0.2) is 4.98 Å². The van der Waals surface area contributed by atoms with Gasteiger partial charge >= 0.3 is 0 Å². The van der Waals surface area contributed by atoms with Crippen LogP contribution in [0.5, 0.6) is 5.88 Å². The predicted octanol–water partition coefficient (Wildman–Crippen LogP) is 2.57. The summed E-state index contributed by atoms with van der Waals surface area (Å²) in [4.78, 5) is 8.75. The molecule has 100 valence electrons. The van der Waals surface area contributed by atoms with Crippen molar-refractivity contribution in [2.45, 2.75) is 39.2 Å². The lowest BCUT2D eigenvalue weighted by atomic mass is 9.93. The SMILES string of the molecule is CCCNC(c1nccnc1OC)C(C)C1CC1. The molecule has 2 atom stereocenters. The minimum absolute atomic E-state index is 0.251. The van der Waals surface area contributed by atoms with Crippen LogP contribution in [-0.2, 0) is 0 Å². The summed E-state index contributed by atoms with van der Waals surface area (Å²) in [6, 6.07) is 0.251. The Hall–Kier alpha value is -1.16. The van der Waals surface area contributed by atoms with Crippen molar-refractivity contribution in [3.63, 3.8) is 0 Å². The fourth-order valence-corrected chi connectivity index (χ4v) is 2.43. The zero-order valence-electron chi connectivity index (χ0n) is 11.5. The van der Waals surface area contributed by atoms with Crippen molar-refractivity contribution in [3.8, 4) is 5.88 Å². The number of nitrogens with one attached hydrogen (secondary N) is 1. The number of rotatable bonds is 7. The Morgan fingerprint density at radius 2 is 2.11 bits per heavy atom. The van der Waals surface area contributed by atoms with Crippen LogP contribution in [0.1, 0.15) is 44.8 Å². The highest BCUT2D eigenvalue weighted by Gasteiger charge is 2.35. The molecule has 1 fully saturated rings. The quantitative estimate of drug-likeness (QED) is 0.807. The molecule has 1 aromatic heterocycles. The molecule has 1 saturated carbocycles. The standard InChI is InChI=1S/C14H23N3O/c1-4-7-15-12(10(2)11-5-6-11)13-14(18-3)17-9-8-16-13/h8-12,15H,4-7H2,1-3H3.